The van der Waals surface area contributed by atoms with Crippen molar-refractivity contribution in [2.45, 2.75) is 39.3 Å². The third-order valence-electron chi connectivity index (χ3n) is 4.59. The van der Waals surface area contributed by atoms with E-state index in [-0.39, 0.29) is 5.82 Å². The van der Waals surface area contributed by atoms with Gasteiger partial charge in [-0.2, -0.15) is 0 Å². The van der Waals surface area contributed by atoms with Crippen molar-refractivity contribution < 1.29 is 9.37 Å². The van der Waals surface area contributed by atoms with E-state index in [1.807, 2.05) is 11.5 Å². The van der Waals surface area contributed by atoms with E-state index in [9.17, 15) is 0 Å². The molecule has 0 aromatic carbocycles. The second kappa shape index (κ2) is 7.32. The Bertz CT molecular complexity index is 950. The molecular formula is C17H22ClN7O2. The summed E-state index contributed by atoms with van der Waals surface area (Å²) in [4.78, 5) is 8.80. The molecule has 0 amide bonds. The predicted molar refractivity (Wildman–Crippen MR) is 102 cm³/mol. The molecule has 3 aromatic heterocycles. The number of anilines is 1. The molecule has 1 atom stereocenters. The number of hydrogen-bond acceptors (Lipinski definition) is 8. The summed E-state index contributed by atoms with van der Waals surface area (Å²) < 4.78 is 12.7. The average molecular weight is 392 g/mol. The van der Waals surface area contributed by atoms with Crippen molar-refractivity contribution in [3.05, 3.63) is 11.3 Å². The number of halogens is 1. The first-order chi connectivity index (χ1) is 13.1. The summed E-state index contributed by atoms with van der Waals surface area (Å²) in [6.07, 6.45) is 4.18. The van der Waals surface area contributed by atoms with Crippen LogP contribution in [0.15, 0.2) is 10.8 Å². The lowest BCUT2D eigenvalue weighted by Crippen LogP contribution is -2.26. The molecule has 10 heteroatoms. The molecule has 0 unspecified atom stereocenters. The molecule has 27 heavy (non-hydrogen) atoms. The molecule has 3 aromatic rings. The molecule has 1 saturated carbocycles. The van der Waals surface area contributed by atoms with Gasteiger partial charge in [0.2, 0.25) is 0 Å². The summed E-state index contributed by atoms with van der Waals surface area (Å²) in [5, 5.41) is 11.3. The van der Waals surface area contributed by atoms with Gasteiger partial charge in [0, 0.05) is 25.0 Å². The van der Waals surface area contributed by atoms with Gasteiger partial charge in [-0.3, -0.25) is 0 Å². The predicted octanol–water partition coefficient (Wildman–Crippen LogP) is 2.50. The van der Waals surface area contributed by atoms with Gasteiger partial charge in [0.05, 0.1) is 12.8 Å². The second-order valence-corrected chi connectivity index (χ2v) is 7.24. The van der Waals surface area contributed by atoms with Crippen molar-refractivity contribution in [1.82, 2.24) is 30.2 Å². The second-order valence-electron chi connectivity index (χ2n) is 6.89. The average Bonchev–Trinajstić information content (AvgIpc) is 3.27. The van der Waals surface area contributed by atoms with Gasteiger partial charge in [0.1, 0.15) is 11.0 Å². The van der Waals surface area contributed by atoms with E-state index in [0.29, 0.717) is 53.0 Å². The largest absolute Gasteiger partial charge is 0.489 e. The Morgan fingerprint density at radius 3 is 2.93 bits per heavy atom. The van der Waals surface area contributed by atoms with E-state index < -0.39 is 0 Å². The summed E-state index contributed by atoms with van der Waals surface area (Å²) in [5.41, 5.74) is 7.52. The Balaban J connectivity index is 1.65. The van der Waals surface area contributed by atoms with E-state index in [1.54, 1.807) is 6.20 Å². The summed E-state index contributed by atoms with van der Waals surface area (Å²) in [6.45, 7) is 6.26. The standard InChI is InChI=1S/C17H22ClN7O2/c1-3-25-14-11(26-8-9(2)6-20-10-4-5-10)7-21-15(18)12(14)22-17(25)13-16(19)24-27-23-13/h7,9-10,20H,3-6,8H2,1-2H3,(H2,19,24)/t9-/m0/s1. The minimum absolute atomic E-state index is 0.173. The summed E-state index contributed by atoms with van der Waals surface area (Å²) in [5.74, 6) is 1.69. The van der Waals surface area contributed by atoms with Crippen LogP contribution >= 0.6 is 11.6 Å². The maximum atomic E-state index is 6.28. The number of hydrogen-bond donors (Lipinski definition) is 2. The third-order valence-corrected chi connectivity index (χ3v) is 4.87. The van der Waals surface area contributed by atoms with Gasteiger partial charge < -0.3 is 20.4 Å². The zero-order valence-corrected chi connectivity index (χ0v) is 16.0. The Morgan fingerprint density at radius 1 is 1.44 bits per heavy atom. The van der Waals surface area contributed by atoms with Crippen LogP contribution in [0, 0.1) is 5.92 Å². The van der Waals surface area contributed by atoms with Crippen LogP contribution in [0.5, 0.6) is 5.75 Å². The van der Waals surface area contributed by atoms with Crippen molar-refractivity contribution in [3.63, 3.8) is 0 Å². The maximum Gasteiger partial charge on any atom is 0.199 e. The van der Waals surface area contributed by atoms with E-state index >= 15 is 0 Å². The van der Waals surface area contributed by atoms with E-state index in [1.165, 1.54) is 12.8 Å². The zero-order valence-electron chi connectivity index (χ0n) is 15.3. The first-order valence-electron chi connectivity index (χ1n) is 9.07. The van der Waals surface area contributed by atoms with Crippen LogP contribution in [0.4, 0.5) is 5.82 Å². The lowest BCUT2D eigenvalue weighted by Gasteiger charge is -2.15. The number of ether oxygens (including phenoxy) is 1. The van der Waals surface area contributed by atoms with Crippen LogP contribution in [-0.2, 0) is 6.54 Å². The molecule has 0 bridgehead atoms. The van der Waals surface area contributed by atoms with E-state index in [0.717, 1.165) is 12.1 Å². The Hall–Kier alpha value is -2.39. The van der Waals surface area contributed by atoms with Crippen LogP contribution in [0.3, 0.4) is 0 Å². The number of nitrogens with zero attached hydrogens (tertiary/aromatic N) is 5. The van der Waals surface area contributed by atoms with Gasteiger partial charge in [-0.1, -0.05) is 18.5 Å². The minimum atomic E-state index is 0.173. The Kier molecular flexibility index (Phi) is 4.88. The van der Waals surface area contributed by atoms with Crippen LogP contribution in [0.25, 0.3) is 22.6 Å². The lowest BCUT2D eigenvalue weighted by molar-refractivity contribution is 0.256. The van der Waals surface area contributed by atoms with Gasteiger partial charge in [-0.15, -0.1) is 0 Å². The molecule has 144 valence electrons. The van der Waals surface area contributed by atoms with Gasteiger partial charge >= 0.3 is 0 Å². The summed E-state index contributed by atoms with van der Waals surface area (Å²) in [7, 11) is 0. The quantitative estimate of drug-likeness (QED) is 0.562. The maximum absolute atomic E-state index is 6.28. The van der Waals surface area contributed by atoms with Crippen molar-refractivity contribution >= 4 is 28.5 Å². The highest BCUT2D eigenvalue weighted by Gasteiger charge is 2.24. The molecule has 3 heterocycles. The van der Waals surface area contributed by atoms with E-state index in [4.69, 9.17) is 26.7 Å². The number of pyridine rings is 1. The molecule has 4 rings (SSSR count). The minimum Gasteiger partial charge on any atom is -0.489 e. The first-order valence-corrected chi connectivity index (χ1v) is 9.45. The number of fused-ring (bicyclic) bond motifs is 1. The van der Waals surface area contributed by atoms with Crippen LogP contribution in [0.2, 0.25) is 5.15 Å². The molecule has 1 aliphatic rings. The van der Waals surface area contributed by atoms with Crippen LogP contribution in [0.1, 0.15) is 26.7 Å². The number of aromatic nitrogens is 5. The first kappa shape index (κ1) is 18.0. The third kappa shape index (κ3) is 3.57. The molecule has 0 radical (unpaired) electrons. The van der Waals surface area contributed by atoms with Crippen molar-refractivity contribution in [2.24, 2.45) is 5.92 Å². The number of rotatable bonds is 8. The van der Waals surface area contributed by atoms with Crippen molar-refractivity contribution in [1.29, 1.82) is 0 Å². The Morgan fingerprint density at radius 2 is 2.26 bits per heavy atom. The van der Waals surface area contributed by atoms with Crippen LogP contribution in [-0.4, -0.2) is 44.0 Å². The fourth-order valence-electron chi connectivity index (χ4n) is 2.98. The van der Waals surface area contributed by atoms with Crippen LogP contribution < -0.4 is 15.8 Å². The number of aryl methyl sites for hydroxylation is 1. The molecule has 9 nitrogen and oxygen atoms in total. The summed E-state index contributed by atoms with van der Waals surface area (Å²) >= 11 is 6.28. The lowest BCUT2D eigenvalue weighted by atomic mass is 10.2. The fraction of sp³-hybridized carbons (Fsp3) is 0.529. The summed E-state index contributed by atoms with van der Waals surface area (Å²) in [6, 6.07) is 0.682. The fourth-order valence-corrected chi connectivity index (χ4v) is 3.16. The molecule has 0 saturated heterocycles. The number of nitrogens with two attached hydrogens (primary N) is 1. The normalized spacial score (nSPS) is 15.4. The zero-order chi connectivity index (χ0) is 19.0. The Labute approximate surface area is 161 Å². The van der Waals surface area contributed by atoms with E-state index in [2.05, 4.69) is 32.5 Å². The highest BCUT2D eigenvalue weighted by Crippen LogP contribution is 2.34. The molecular weight excluding hydrogens is 370 g/mol. The van der Waals surface area contributed by atoms with Crippen molar-refractivity contribution in [3.8, 4) is 17.3 Å². The number of nitrogens with one attached hydrogen (secondary N) is 1. The molecule has 1 fully saturated rings. The van der Waals surface area contributed by atoms with Gasteiger partial charge in [-0.05, 0) is 30.1 Å². The number of nitrogen functional groups attached to an aromatic ring is 1. The van der Waals surface area contributed by atoms with Gasteiger partial charge in [-0.25, -0.2) is 14.6 Å². The highest BCUT2D eigenvalue weighted by atomic mass is 35.5. The van der Waals surface area contributed by atoms with Crippen molar-refractivity contribution in [2.75, 3.05) is 18.9 Å². The molecule has 3 N–H and O–H groups in total. The molecule has 0 spiro atoms. The molecule has 1 aliphatic carbocycles. The highest BCUT2D eigenvalue weighted by molar-refractivity contribution is 6.34. The molecule has 0 aliphatic heterocycles. The smallest absolute Gasteiger partial charge is 0.199 e. The monoisotopic (exact) mass is 391 g/mol. The topological polar surface area (TPSA) is 117 Å². The van der Waals surface area contributed by atoms with Gasteiger partial charge in [0.15, 0.2) is 28.2 Å². The SMILES string of the molecule is CCn1c(-c2nonc2N)nc2c(Cl)ncc(OC[C@@H](C)CNC3CC3)c21. The van der Waals surface area contributed by atoms with Gasteiger partial charge in [0.25, 0.3) is 0 Å². The number of imidazole rings is 1.